The zero-order valence-corrected chi connectivity index (χ0v) is 49.7. The van der Waals surface area contributed by atoms with Crippen LogP contribution in [0.15, 0.2) is 109 Å². The summed E-state index contributed by atoms with van der Waals surface area (Å²) in [6.45, 7) is 6.42. The van der Waals surface area contributed by atoms with Crippen molar-refractivity contribution in [3.8, 4) is 0 Å². The molecule has 0 aromatic heterocycles. The predicted octanol–water partition coefficient (Wildman–Crippen LogP) is 21.8. The number of ether oxygens (including phenoxy) is 3. The molecular formula is C70H118O6. The summed E-state index contributed by atoms with van der Waals surface area (Å²) in [7, 11) is 0. The largest absolute Gasteiger partial charge is 0.462 e. The third-order valence-corrected chi connectivity index (χ3v) is 13.5. The minimum Gasteiger partial charge on any atom is -0.462 e. The molecule has 0 aliphatic heterocycles. The maximum absolute atomic E-state index is 12.9. The first-order valence-corrected chi connectivity index (χ1v) is 31.9. The molecule has 0 aliphatic rings. The van der Waals surface area contributed by atoms with Gasteiger partial charge in [-0.3, -0.25) is 14.4 Å². The van der Waals surface area contributed by atoms with E-state index in [1.165, 1.54) is 122 Å². The smallest absolute Gasteiger partial charge is 0.306 e. The Hall–Kier alpha value is -3.93. The Labute approximate surface area is 470 Å². The Morgan fingerprint density at radius 1 is 0.276 bits per heavy atom. The van der Waals surface area contributed by atoms with Crippen molar-refractivity contribution in [2.45, 2.75) is 303 Å². The molecule has 434 valence electrons. The van der Waals surface area contributed by atoms with Crippen molar-refractivity contribution in [1.82, 2.24) is 0 Å². The van der Waals surface area contributed by atoms with Gasteiger partial charge in [0.25, 0.3) is 0 Å². The SMILES string of the molecule is CC/C=C\C/C=C\C/C=C\C/C=C\C/C=C\C/C=C\CCCCCCCCC(=O)OCC(COC(=O)CCCCCCCCCCCCCCCCCC)OC(=O)CCCCCCCCC/C=C\C/C=C\C/C=C\CC. The zero-order chi connectivity index (χ0) is 55.0. The van der Waals surface area contributed by atoms with Crippen LogP contribution in [-0.2, 0) is 28.6 Å². The van der Waals surface area contributed by atoms with Gasteiger partial charge in [0.15, 0.2) is 6.10 Å². The number of unbranched alkanes of at least 4 members (excludes halogenated alkanes) is 28. The van der Waals surface area contributed by atoms with Crippen molar-refractivity contribution in [3.63, 3.8) is 0 Å². The van der Waals surface area contributed by atoms with Crippen molar-refractivity contribution in [2.75, 3.05) is 13.2 Å². The summed E-state index contributed by atoms with van der Waals surface area (Å²) in [6.07, 6.45) is 86.6. The van der Waals surface area contributed by atoms with E-state index in [2.05, 4.69) is 130 Å². The van der Waals surface area contributed by atoms with Crippen LogP contribution in [0.4, 0.5) is 0 Å². The van der Waals surface area contributed by atoms with Gasteiger partial charge in [-0.1, -0.05) is 284 Å². The van der Waals surface area contributed by atoms with Gasteiger partial charge in [-0.25, -0.2) is 0 Å². The summed E-state index contributed by atoms with van der Waals surface area (Å²) in [4.78, 5) is 38.3. The van der Waals surface area contributed by atoms with Crippen LogP contribution < -0.4 is 0 Å². The van der Waals surface area contributed by atoms with Gasteiger partial charge in [-0.05, 0) is 103 Å². The molecule has 0 rings (SSSR count). The van der Waals surface area contributed by atoms with Gasteiger partial charge in [-0.15, -0.1) is 0 Å². The number of carbonyl (C=O) groups excluding carboxylic acids is 3. The second kappa shape index (κ2) is 63.6. The van der Waals surface area contributed by atoms with Crippen LogP contribution in [0.3, 0.4) is 0 Å². The van der Waals surface area contributed by atoms with Crippen LogP contribution in [0.5, 0.6) is 0 Å². The Morgan fingerprint density at radius 3 is 0.803 bits per heavy atom. The number of hydrogen-bond donors (Lipinski definition) is 0. The fourth-order valence-corrected chi connectivity index (χ4v) is 8.81. The van der Waals surface area contributed by atoms with E-state index in [4.69, 9.17) is 14.2 Å². The highest BCUT2D eigenvalue weighted by atomic mass is 16.6. The molecule has 0 N–H and O–H groups in total. The van der Waals surface area contributed by atoms with E-state index >= 15 is 0 Å². The van der Waals surface area contributed by atoms with E-state index in [0.717, 1.165) is 135 Å². The van der Waals surface area contributed by atoms with Gasteiger partial charge in [-0.2, -0.15) is 0 Å². The topological polar surface area (TPSA) is 78.9 Å². The Bertz CT molecular complexity index is 1540. The second-order valence-corrected chi connectivity index (χ2v) is 20.9. The Kier molecular flexibility index (Phi) is 60.3. The molecule has 6 nitrogen and oxygen atoms in total. The van der Waals surface area contributed by atoms with E-state index in [1.54, 1.807) is 0 Å². The number of esters is 3. The minimum absolute atomic E-state index is 0.0855. The van der Waals surface area contributed by atoms with Crippen molar-refractivity contribution in [3.05, 3.63) is 109 Å². The van der Waals surface area contributed by atoms with E-state index in [9.17, 15) is 14.4 Å². The summed E-state index contributed by atoms with van der Waals surface area (Å²) in [5.41, 5.74) is 0. The molecule has 0 heterocycles. The van der Waals surface area contributed by atoms with Crippen LogP contribution in [0, 0.1) is 0 Å². The quantitative estimate of drug-likeness (QED) is 0.0261. The molecule has 0 aliphatic carbocycles. The number of hydrogen-bond acceptors (Lipinski definition) is 6. The lowest BCUT2D eigenvalue weighted by atomic mass is 10.0. The summed E-state index contributed by atoms with van der Waals surface area (Å²) in [6, 6.07) is 0. The van der Waals surface area contributed by atoms with E-state index < -0.39 is 6.10 Å². The molecule has 0 fully saturated rings. The maximum atomic E-state index is 12.9. The fraction of sp³-hybridized carbons (Fsp3) is 0.700. The van der Waals surface area contributed by atoms with Crippen LogP contribution in [-0.4, -0.2) is 37.2 Å². The van der Waals surface area contributed by atoms with Gasteiger partial charge >= 0.3 is 17.9 Å². The van der Waals surface area contributed by atoms with Crippen LogP contribution >= 0.6 is 0 Å². The van der Waals surface area contributed by atoms with Crippen molar-refractivity contribution in [2.24, 2.45) is 0 Å². The predicted molar refractivity (Wildman–Crippen MR) is 330 cm³/mol. The summed E-state index contributed by atoms with van der Waals surface area (Å²) in [5.74, 6) is -0.901. The van der Waals surface area contributed by atoms with Gasteiger partial charge in [0, 0.05) is 19.3 Å². The Balaban J connectivity index is 4.40. The van der Waals surface area contributed by atoms with Gasteiger partial charge < -0.3 is 14.2 Å². The fourth-order valence-electron chi connectivity index (χ4n) is 8.81. The normalized spacial score (nSPS) is 12.8. The third kappa shape index (κ3) is 60.9. The van der Waals surface area contributed by atoms with Crippen molar-refractivity contribution >= 4 is 17.9 Å². The molecule has 1 unspecified atom stereocenters. The maximum Gasteiger partial charge on any atom is 0.306 e. The van der Waals surface area contributed by atoms with E-state index in [-0.39, 0.29) is 31.1 Å². The van der Waals surface area contributed by atoms with Gasteiger partial charge in [0.2, 0.25) is 0 Å². The highest BCUT2D eigenvalue weighted by Crippen LogP contribution is 2.16. The molecule has 1 atom stereocenters. The van der Waals surface area contributed by atoms with Gasteiger partial charge in [0.1, 0.15) is 13.2 Å². The highest BCUT2D eigenvalue weighted by molar-refractivity contribution is 5.71. The van der Waals surface area contributed by atoms with Crippen molar-refractivity contribution < 1.29 is 28.6 Å². The third-order valence-electron chi connectivity index (χ3n) is 13.5. The average molecular weight is 1060 g/mol. The number of carbonyl (C=O) groups is 3. The van der Waals surface area contributed by atoms with E-state index in [0.29, 0.717) is 19.3 Å². The standard InChI is InChI=1S/C70H118O6/c1-4-7-10-13-16-19-22-25-28-31-32-33-34-35-36-37-38-40-42-45-48-51-54-57-60-63-69(72)75-66-67(65-74-68(71)62-59-56-53-50-47-44-41-30-27-24-21-18-15-12-9-6-3)76-70(73)64-61-58-55-52-49-46-43-39-29-26-23-20-17-14-11-8-5-2/h7-8,10-11,16-17,19-20,25-26,28-29,32-33,35-36,38,40,67H,4-6,9,12-15,18,21-24,27,30-31,34,37,39,41-66H2,1-3H3/b10-7-,11-8-,19-16-,20-17-,28-25-,29-26-,33-32-,36-35-,40-38-. The molecule has 0 aromatic carbocycles. The van der Waals surface area contributed by atoms with Crippen LogP contribution in [0.1, 0.15) is 297 Å². The first-order chi connectivity index (χ1) is 37.5. The molecule has 0 saturated carbocycles. The second-order valence-electron chi connectivity index (χ2n) is 20.9. The number of rotatable bonds is 57. The van der Waals surface area contributed by atoms with Crippen molar-refractivity contribution in [1.29, 1.82) is 0 Å². The lowest BCUT2D eigenvalue weighted by molar-refractivity contribution is -0.167. The minimum atomic E-state index is -0.791. The van der Waals surface area contributed by atoms with Crippen LogP contribution in [0.2, 0.25) is 0 Å². The molecule has 0 bridgehead atoms. The first kappa shape index (κ1) is 72.1. The van der Waals surface area contributed by atoms with E-state index in [1.807, 2.05) is 0 Å². The molecule has 0 amide bonds. The monoisotopic (exact) mass is 1050 g/mol. The zero-order valence-electron chi connectivity index (χ0n) is 49.7. The summed E-state index contributed by atoms with van der Waals surface area (Å²) in [5, 5.41) is 0. The molecule has 0 saturated heterocycles. The molecular weight excluding hydrogens is 937 g/mol. The summed E-state index contributed by atoms with van der Waals surface area (Å²) >= 11 is 0. The molecule has 6 heteroatoms. The first-order valence-electron chi connectivity index (χ1n) is 31.9. The lowest BCUT2D eigenvalue weighted by Crippen LogP contribution is -2.30. The molecule has 76 heavy (non-hydrogen) atoms. The molecule has 0 spiro atoms. The highest BCUT2D eigenvalue weighted by Gasteiger charge is 2.19. The van der Waals surface area contributed by atoms with Crippen LogP contribution in [0.25, 0.3) is 0 Å². The summed E-state index contributed by atoms with van der Waals surface area (Å²) < 4.78 is 16.9. The molecule has 0 radical (unpaired) electrons. The Morgan fingerprint density at radius 2 is 0.513 bits per heavy atom. The van der Waals surface area contributed by atoms with Gasteiger partial charge in [0.05, 0.1) is 0 Å². The number of allylic oxidation sites excluding steroid dienone is 18. The molecule has 0 aromatic rings. The average Bonchev–Trinajstić information content (AvgIpc) is 3.42. The lowest BCUT2D eigenvalue weighted by Gasteiger charge is -2.18.